The first-order chi connectivity index (χ1) is 13.8. The van der Waals surface area contributed by atoms with Crippen LogP contribution in [0.15, 0.2) is 53.4 Å². The van der Waals surface area contributed by atoms with Gasteiger partial charge in [-0.1, -0.05) is 23.7 Å². The Balaban J connectivity index is 1.69. The molecule has 1 aliphatic rings. The van der Waals surface area contributed by atoms with Crippen molar-refractivity contribution in [2.24, 2.45) is 0 Å². The molecule has 0 spiro atoms. The molecule has 1 heterocycles. The highest BCUT2D eigenvalue weighted by atomic mass is 35.5. The lowest BCUT2D eigenvalue weighted by atomic mass is 9.95. The van der Waals surface area contributed by atoms with E-state index in [4.69, 9.17) is 16.3 Å². The Bertz CT molecular complexity index is 972. The zero-order chi connectivity index (χ0) is 21.1. The number of rotatable bonds is 7. The molecule has 0 bridgehead atoms. The lowest BCUT2D eigenvalue weighted by Crippen LogP contribution is -2.40. The van der Waals surface area contributed by atoms with Crippen molar-refractivity contribution in [2.75, 3.05) is 26.7 Å². The van der Waals surface area contributed by atoms with Crippen molar-refractivity contribution in [2.45, 2.75) is 30.3 Å². The summed E-state index contributed by atoms with van der Waals surface area (Å²) in [5.74, 6) is -0.305. The second-order valence-corrected chi connectivity index (χ2v) is 9.64. The van der Waals surface area contributed by atoms with Gasteiger partial charge < -0.3 is 10.1 Å². The first-order valence-corrected chi connectivity index (χ1v) is 11.3. The van der Waals surface area contributed by atoms with Gasteiger partial charge in [0.1, 0.15) is 5.60 Å². The summed E-state index contributed by atoms with van der Waals surface area (Å²) in [4.78, 5) is 12.8. The van der Waals surface area contributed by atoms with E-state index in [-0.39, 0.29) is 17.3 Å². The van der Waals surface area contributed by atoms with Gasteiger partial charge in [0.15, 0.2) is 0 Å². The fourth-order valence-corrected chi connectivity index (χ4v) is 5.02. The molecule has 1 N–H and O–H groups in total. The van der Waals surface area contributed by atoms with Crippen LogP contribution in [0.3, 0.4) is 0 Å². The molecule has 0 aliphatic carbocycles. The Labute approximate surface area is 176 Å². The number of hydrogen-bond donors (Lipinski definition) is 1. The summed E-state index contributed by atoms with van der Waals surface area (Å²) in [5.41, 5.74) is 0.481. The molecule has 1 amide bonds. The predicted molar refractivity (Wildman–Crippen MR) is 113 cm³/mol. The molecule has 0 radical (unpaired) electrons. The lowest BCUT2D eigenvalue weighted by Gasteiger charge is -2.29. The molecular weight excluding hydrogens is 412 g/mol. The maximum Gasteiger partial charge on any atom is 0.251 e. The summed E-state index contributed by atoms with van der Waals surface area (Å²) in [6, 6.07) is 13.3. The van der Waals surface area contributed by atoms with Gasteiger partial charge in [-0.05, 0) is 61.7 Å². The number of sulfonamides is 1. The molecule has 0 saturated carbocycles. The monoisotopic (exact) mass is 436 g/mol. The number of nitrogens with zero attached hydrogens (tertiary/aromatic N) is 1. The average Bonchev–Trinajstić information content (AvgIpc) is 3.28. The van der Waals surface area contributed by atoms with Crippen molar-refractivity contribution in [3.63, 3.8) is 0 Å². The molecule has 8 heteroatoms. The van der Waals surface area contributed by atoms with E-state index in [1.54, 1.807) is 19.2 Å². The van der Waals surface area contributed by atoms with Crippen molar-refractivity contribution >= 4 is 27.5 Å². The van der Waals surface area contributed by atoms with E-state index in [9.17, 15) is 13.2 Å². The Morgan fingerprint density at radius 2 is 1.83 bits per heavy atom. The number of benzene rings is 2. The van der Waals surface area contributed by atoms with Gasteiger partial charge in [0.25, 0.3) is 5.91 Å². The molecule has 6 nitrogen and oxygen atoms in total. The van der Waals surface area contributed by atoms with E-state index >= 15 is 0 Å². The summed E-state index contributed by atoms with van der Waals surface area (Å²) in [7, 11) is -1.92. The summed E-state index contributed by atoms with van der Waals surface area (Å²) >= 11 is 6.07. The number of hydrogen-bond acceptors (Lipinski definition) is 4. The molecule has 3 rings (SSSR count). The second kappa shape index (κ2) is 8.83. The largest absolute Gasteiger partial charge is 0.372 e. The van der Waals surface area contributed by atoms with Gasteiger partial charge in [-0.15, -0.1) is 0 Å². The van der Waals surface area contributed by atoms with Crippen LogP contribution in [-0.2, 0) is 20.4 Å². The third-order valence-electron chi connectivity index (χ3n) is 5.29. The summed E-state index contributed by atoms with van der Waals surface area (Å²) < 4.78 is 32.3. The normalized spacial score (nSPS) is 17.1. The maximum absolute atomic E-state index is 12.6. The van der Waals surface area contributed by atoms with Crippen molar-refractivity contribution in [1.29, 1.82) is 0 Å². The zero-order valence-electron chi connectivity index (χ0n) is 16.5. The van der Waals surface area contributed by atoms with Gasteiger partial charge in [0.05, 0.1) is 11.4 Å². The highest BCUT2D eigenvalue weighted by molar-refractivity contribution is 7.89. The van der Waals surface area contributed by atoms with E-state index in [2.05, 4.69) is 5.32 Å². The van der Waals surface area contributed by atoms with Gasteiger partial charge in [-0.2, -0.15) is 4.31 Å². The highest BCUT2D eigenvalue weighted by Gasteiger charge is 2.29. The van der Waals surface area contributed by atoms with Crippen molar-refractivity contribution in [1.82, 2.24) is 9.62 Å². The van der Waals surface area contributed by atoms with Gasteiger partial charge in [-0.3, -0.25) is 4.79 Å². The van der Waals surface area contributed by atoms with Crippen LogP contribution >= 0.6 is 11.6 Å². The number of halogens is 1. The van der Waals surface area contributed by atoms with Crippen LogP contribution in [0, 0.1) is 0 Å². The SMILES string of the molecule is COC(C)(CNC(=O)c1ccc(S(=O)(=O)N2CCCC2)cc1)c1cccc(Cl)c1. The van der Waals surface area contributed by atoms with E-state index in [0.29, 0.717) is 23.7 Å². The van der Waals surface area contributed by atoms with Crippen molar-refractivity contribution in [3.8, 4) is 0 Å². The minimum Gasteiger partial charge on any atom is -0.372 e. The van der Waals surface area contributed by atoms with Gasteiger partial charge in [0.2, 0.25) is 10.0 Å². The second-order valence-electron chi connectivity index (χ2n) is 7.26. The molecule has 1 atom stereocenters. The van der Waals surface area contributed by atoms with Crippen molar-refractivity contribution in [3.05, 3.63) is 64.7 Å². The van der Waals surface area contributed by atoms with Gasteiger partial charge >= 0.3 is 0 Å². The number of carbonyl (C=O) groups is 1. The topological polar surface area (TPSA) is 75.7 Å². The summed E-state index contributed by atoms with van der Waals surface area (Å²) in [5, 5.41) is 3.44. The molecule has 1 aliphatic heterocycles. The van der Waals surface area contributed by atoms with Crippen molar-refractivity contribution < 1.29 is 17.9 Å². The number of nitrogens with one attached hydrogen (secondary N) is 1. The summed E-state index contributed by atoms with van der Waals surface area (Å²) in [6.45, 7) is 3.19. The number of methoxy groups -OCH3 is 1. The Morgan fingerprint density at radius 3 is 2.41 bits per heavy atom. The van der Waals surface area contributed by atoms with Crippen LogP contribution in [-0.4, -0.2) is 45.4 Å². The van der Waals surface area contributed by atoms with Crippen LogP contribution in [0.2, 0.25) is 5.02 Å². The molecule has 156 valence electrons. The van der Waals surface area contributed by atoms with Gasteiger partial charge in [-0.25, -0.2) is 8.42 Å². The quantitative estimate of drug-likeness (QED) is 0.721. The third-order valence-corrected chi connectivity index (χ3v) is 7.44. The number of amides is 1. The van der Waals surface area contributed by atoms with E-state index in [0.717, 1.165) is 18.4 Å². The predicted octanol–water partition coefficient (Wildman–Crippen LogP) is 3.42. The van der Waals surface area contributed by atoms with Crippen LogP contribution in [0.4, 0.5) is 0 Å². The number of carbonyl (C=O) groups excluding carboxylic acids is 1. The van der Waals surface area contributed by atoms with Crippen LogP contribution in [0.25, 0.3) is 0 Å². The molecule has 1 unspecified atom stereocenters. The zero-order valence-corrected chi connectivity index (χ0v) is 18.1. The fraction of sp³-hybridized carbons (Fsp3) is 0.381. The molecule has 0 aromatic heterocycles. The van der Waals surface area contributed by atoms with Crippen LogP contribution in [0.5, 0.6) is 0 Å². The minimum atomic E-state index is -3.49. The lowest BCUT2D eigenvalue weighted by molar-refractivity contribution is 0.00315. The molecule has 1 saturated heterocycles. The average molecular weight is 437 g/mol. The standard InChI is InChI=1S/C21H25ClN2O4S/c1-21(28-2,17-6-5-7-18(22)14-17)15-23-20(25)16-8-10-19(11-9-16)29(26,27)24-12-3-4-13-24/h5-11,14H,3-4,12-13,15H2,1-2H3,(H,23,25). The van der Waals surface area contributed by atoms with Crippen LogP contribution < -0.4 is 5.32 Å². The Kier molecular flexibility index (Phi) is 6.63. The highest BCUT2D eigenvalue weighted by Crippen LogP contribution is 2.26. The molecule has 29 heavy (non-hydrogen) atoms. The fourth-order valence-electron chi connectivity index (χ4n) is 3.32. The van der Waals surface area contributed by atoms with E-state index in [1.165, 1.54) is 28.6 Å². The minimum absolute atomic E-state index is 0.205. The van der Waals surface area contributed by atoms with Gasteiger partial charge in [0, 0.05) is 30.8 Å². The van der Waals surface area contributed by atoms with E-state index in [1.807, 2.05) is 19.1 Å². The van der Waals surface area contributed by atoms with Crippen LogP contribution in [0.1, 0.15) is 35.7 Å². The molecule has 2 aromatic rings. The number of ether oxygens (including phenoxy) is 1. The van der Waals surface area contributed by atoms with E-state index < -0.39 is 15.6 Å². The maximum atomic E-state index is 12.6. The molecular formula is C21H25ClN2O4S. The first-order valence-electron chi connectivity index (χ1n) is 9.46. The Hall–Kier alpha value is -1.93. The molecule has 1 fully saturated rings. The smallest absolute Gasteiger partial charge is 0.251 e. The summed E-state index contributed by atoms with van der Waals surface area (Å²) in [6.07, 6.45) is 1.76. The Morgan fingerprint density at radius 1 is 1.17 bits per heavy atom. The third kappa shape index (κ3) is 4.80. The first kappa shape index (κ1) is 21.8. The molecule has 2 aromatic carbocycles.